The van der Waals surface area contributed by atoms with Crippen molar-refractivity contribution in [1.82, 2.24) is 0 Å². The summed E-state index contributed by atoms with van der Waals surface area (Å²) in [5.41, 5.74) is -1.97. The molecule has 2 bridgehead atoms. The molecule has 1 heterocycles. The molecule has 2 N–H and O–H groups in total. The summed E-state index contributed by atoms with van der Waals surface area (Å²) < 4.78 is 17.5. The molecule has 3 aliphatic carbocycles. The average molecular weight is 423 g/mol. The van der Waals surface area contributed by atoms with Gasteiger partial charge in [-0.3, -0.25) is 4.79 Å². The molecular formula is C24H38O6. The molecule has 3 fully saturated rings. The molecule has 0 amide bonds. The second-order valence-electron chi connectivity index (χ2n) is 11.0. The molecule has 0 aromatic heterocycles. The lowest BCUT2D eigenvalue weighted by Gasteiger charge is -2.68. The Morgan fingerprint density at radius 2 is 1.73 bits per heavy atom. The molecule has 30 heavy (non-hydrogen) atoms. The van der Waals surface area contributed by atoms with Gasteiger partial charge in [0.15, 0.2) is 5.78 Å². The molecule has 6 heteroatoms. The molecule has 0 aromatic carbocycles. The summed E-state index contributed by atoms with van der Waals surface area (Å²) in [7, 11) is 3.18. The first-order valence-corrected chi connectivity index (χ1v) is 11.2. The summed E-state index contributed by atoms with van der Waals surface area (Å²) >= 11 is 0. The van der Waals surface area contributed by atoms with Gasteiger partial charge in [0, 0.05) is 32.0 Å². The lowest BCUT2D eigenvalue weighted by molar-refractivity contribution is -0.337. The van der Waals surface area contributed by atoms with Crippen LogP contribution in [-0.2, 0) is 19.0 Å². The van der Waals surface area contributed by atoms with Crippen molar-refractivity contribution in [3.05, 3.63) is 11.1 Å². The number of ketones is 1. The maximum atomic E-state index is 14.3. The first kappa shape index (κ1) is 22.4. The van der Waals surface area contributed by atoms with Gasteiger partial charge in [-0.15, -0.1) is 0 Å². The van der Waals surface area contributed by atoms with E-state index in [1.54, 1.807) is 14.2 Å². The maximum Gasteiger partial charge on any atom is 0.174 e. The van der Waals surface area contributed by atoms with E-state index >= 15 is 0 Å². The fourth-order valence-electron chi connectivity index (χ4n) is 7.77. The van der Waals surface area contributed by atoms with Crippen LogP contribution in [0.25, 0.3) is 0 Å². The van der Waals surface area contributed by atoms with E-state index in [-0.39, 0.29) is 30.3 Å². The van der Waals surface area contributed by atoms with E-state index in [0.29, 0.717) is 12.8 Å². The molecule has 9 atom stereocenters. The van der Waals surface area contributed by atoms with Gasteiger partial charge in [0.1, 0.15) is 11.7 Å². The van der Waals surface area contributed by atoms with Crippen LogP contribution in [0.3, 0.4) is 0 Å². The van der Waals surface area contributed by atoms with E-state index in [1.807, 2.05) is 27.7 Å². The third kappa shape index (κ3) is 2.35. The highest BCUT2D eigenvalue weighted by molar-refractivity contribution is 5.93. The van der Waals surface area contributed by atoms with Gasteiger partial charge in [0.05, 0.1) is 29.8 Å². The van der Waals surface area contributed by atoms with Crippen molar-refractivity contribution in [2.45, 2.75) is 83.9 Å². The van der Waals surface area contributed by atoms with Gasteiger partial charge >= 0.3 is 0 Å². The minimum Gasteiger partial charge on any atom is -0.389 e. The molecule has 0 spiro atoms. The molecule has 170 valence electrons. The number of carbonyl (C=O) groups excluding carboxylic acids is 1. The number of allylic oxidation sites excluding steroid dienone is 1. The van der Waals surface area contributed by atoms with Crippen molar-refractivity contribution in [2.24, 2.45) is 28.6 Å². The maximum absolute atomic E-state index is 14.3. The number of hydrogen-bond acceptors (Lipinski definition) is 6. The normalized spacial score (nSPS) is 52.7. The highest BCUT2D eigenvalue weighted by Gasteiger charge is 2.74. The Morgan fingerprint density at radius 1 is 1.10 bits per heavy atom. The fourth-order valence-corrected chi connectivity index (χ4v) is 7.77. The zero-order valence-electron chi connectivity index (χ0n) is 19.6. The predicted molar refractivity (Wildman–Crippen MR) is 112 cm³/mol. The highest BCUT2D eigenvalue weighted by Crippen LogP contribution is 2.65. The summed E-state index contributed by atoms with van der Waals surface area (Å²) in [4.78, 5) is 14.3. The second kappa shape index (κ2) is 6.61. The molecule has 0 radical (unpaired) electrons. The van der Waals surface area contributed by atoms with Gasteiger partial charge in [-0.1, -0.05) is 33.3 Å². The van der Waals surface area contributed by atoms with Crippen molar-refractivity contribution >= 4 is 5.78 Å². The summed E-state index contributed by atoms with van der Waals surface area (Å²) in [6.45, 7) is 12.3. The molecular weight excluding hydrogens is 384 g/mol. The van der Waals surface area contributed by atoms with Gasteiger partial charge in [-0.05, 0) is 37.7 Å². The Labute approximate surface area is 180 Å². The predicted octanol–water partition coefficient (Wildman–Crippen LogP) is 2.50. The minimum absolute atomic E-state index is 0.0638. The topological polar surface area (TPSA) is 85.2 Å². The summed E-state index contributed by atoms with van der Waals surface area (Å²) in [5.74, 6) is -0.811. The van der Waals surface area contributed by atoms with Gasteiger partial charge in [0.2, 0.25) is 0 Å². The lowest BCUT2D eigenvalue weighted by atomic mass is 9.42. The van der Waals surface area contributed by atoms with E-state index < -0.39 is 40.2 Å². The molecule has 4 rings (SSSR count). The van der Waals surface area contributed by atoms with Crippen LogP contribution in [0.4, 0.5) is 0 Å². The van der Waals surface area contributed by atoms with Crippen molar-refractivity contribution in [3.8, 4) is 0 Å². The van der Waals surface area contributed by atoms with Crippen molar-refractivity contribution in [1.29, 1.82) is 0 Å². The molecule has 4 aliphatic rings. The number of Topliss-reactive ketones (excluding diaryl/α,β-unsaturated/α-hetero) is 1. The number of methoxy groups -OCH3 is 2. The zero-order valence-corrected chi connectivity index (χ0v) is 19.6. The second-order valence-corrected chi connectivity index (χ2v) is 11.0. The number of rotatable bonds is 2. The molecule has 9 unspecified atom stereocenters. The van der Waals surface area contributed by atoms with Crippen LogP contribution in [-0.4, -0.2) is 66.3 Å². The number of ether oxygens (including phenoxy) is 3. The van der Waals surface area contributed by atoms with Gasteiger partial charge in [-0.25, -0.2) is 0 Å². The molecule has 0 aromatic rings. The quantitative estimate of drug-likeness (QED) is 0.665. The third-order valence-corrected chi connectivity index (χ3v) is 9.70. The average Bonchev–Trinajstić information content (AvgIpc) is 2.67. The van der Waals surface area contributed by atoms with E-state index in [9.17, 15) is 15.0 Å². The number of fused-ring (bicyclic) bond motifs is 5. The molecule has 2 saturated carbocycles. The van der Waals surface area contributed by atoms with Crippen LogP contribution < -0.4 is 0 Å². The highest BCUT2D eigenvalue weighted by atomic mass is 16.6. The van der Waals surface area contributed by atoms with Crippen molar-refractivity contribution in [3.63, 3.8) is 0 Å². The third-order valence-electron chi connectivity index (χ3n) is 9.70. The zero-order chi connectivity index (χ0) is 22.4. The Morgan fingerprint density at radius 3 is 2.23 bits per heavy atom. The van der Waals surface area contributed by atoms with Gasteiger partial charge in [-0.2, -0.15) is 0 Å². The standard InChI is InChI=1S/C24H38O6/c1-12-10-24(27)14(3)19-22(6,15(28-7)9-16-23(19,26)11-30-16)20(25)18(29-8)17(13(12)2)21(24,4)5/h12,14-16,18-19,26-27H,9-11H2,1-8H3. The largest absolute Gasteiger partial charge is 0.389 e. The first-order chi connectivity index (χ1) is 13.8. The van der Waals surface area contributed by atoms with Crippen molar-refractivity contribution in [2.75, 3.05) is 20.8 Å². The summed E-state index contributed by atoms with van der Waals surface area (Å²) in [6, 6.07) is 0. The number of carbonyl (C=O) groups is 1. The lowest BCUT2D eigenvalue weighted by Crippen LogP contribution is -2.78. The van der Waals surface area contributed by atoms with E-state index in [1.165, 1.54) is 0 Å². The monoisotopic (exact) mass is 422 g/mol. The fraction of sp³-hybridized carbons (Fsp3) is 0.875. The van der Waals surface area contributed by atoms with Crippen LogP contribution in [0.1, 0.15) is 54.4 Å². The number of aliphatic hydroxyl groups is 2. The SMILES string of the molecule is COC1C(=O)C2(C)C(OC)CC3OCC3(O)C2C(C)C2(O)CC(C)C(C)=C1C2(C)C. The summed E-state index contributed by atoms with van der Waals surface area (Å²) in [5, 5.41) is 24.1. The number of hydrogen-bond donors (Lipinski definition) is 2. The molecule has 1 saturated heterocycles. The summed E-state index contributed by atoms with van der Waals surface area (Å²) in [6.07, 6.45) is -0.573. The van der Waals surface area contributed by atoms with E-state index in [0.717, 1.165) is 11.1 Å². The van der Waals surface area contributed by atoms with Gasteiger partial charge in [0.25, 0.3) is 0 Å². The van der Waals surface area contributed by atoms with Crippen LogP contribution in [0, 0.1) is 28.6 Å². The Bertz CT molecular complexity index is 789. The van der Waals surface area contributed by atoms with E-state index in [4.69, 9.17) is 14.2 Å². The molecule has 1 aliphatic heterocycles. The van der Waals surface area contributed by atoms with Crippen LogP contribution in [0.5, 0.6) is 0 Å². The van der Waals surface area contributed by atoms with E-state index in [2.05, 4.69) is 13.8 Å². The Hall–Kier alpha value is -0.790. The van der Waals surface area contributed by atoms with Crippen LogP contribution >= 0.6 is 0 Å². The molecule has 6 nitrogen and oxygen atoms in total. The van der Waals surface area contributed by atoms with Crippen LogP contribution in [0.2, 0.25) is 0 Å². The first-order valence-electron chi connectivity index (χ1n) is 11.2. The van der Waals surface area contributed by atoms with Gasteiger partial charge < -0.3 is 24.4 Å². The minimum atomic E-state index is -1.17. The Kier molecular flexibility index (Phi) is 4.94. The van der Waals surface area contributed by atoms with Crippen molar-refractivity contribution < 1.29 is 29.2 Å². The van der Waals surface area contributed by atoms with Crippen LogP contribution in [0.15, 0.2) is 11.1 Å². The smallest absolute Gasteiger partial charge is 0.174 e. The Balaban J connectivity index is 2.04.